The average Bonchev–Trinajstić information content (AvgIpc) is 3.07. The van der Waals surface area contributed by atoms with Crippen molar-refractivity contribution < 1.29 is 9.47 Å². The molecule has 0 N–H and O–H groups in total. The number of aromatic nitrogens is 2. The summed E-state index contributed by atoms with van der Waals surface area (Å²) < 4.78 is 14.3. The summed E-state index contributed by atoms with van der Waals surface area (Å²) in [6, 6.07) is 22.5. The molecule has 0 aliphatic heterocycles. The van der Waals surface area contributed by atoms with Gasteiger partial charge in [0.2, 0.25) is 0 Å². The van der Waals surface area contributed by atoms with Gasteiger partial charge in [0.15, 0.2) is 0 Å². The molecular formula is C25H26N2O2. The van der Waals surface area contributed by atoms with E-state index < -0.39 is 0 Å². The van der Waals surface area contributed by atoms with Gasteiger partial charge in [-0.2, -0.15) is 0 Å². The van der Waals surface area contributed by atoms with E-state index >= 15 is 0 Å². The van der Waals surface area contributed by atoms with Gasteiger partial charge in [0, 0.05) is 0 Å². The average molecular weight is 386 g/mol. The molecule has 3 aromatic carbocycles. The number of hydrogen-bond donors (Lipinski definition) is 0. The van der Waals surface area contributed by atoms with Crippen LogP contribution in [0.2, 0.25) is 0 Å². The predicted octanol–water partition coefficient (Wildman–Crippen LogP) is 5.62. The number of aryl methyl sites for hydroxylation is 3. The van der Waals surface area contributed by atoms with Crippen molar-refractivity contribution in [3.05, 3.63) is 89.2 Å². The second-order valence-electron chi connectivity index (χ2n) is 7.34. The number of ether oxygens (including phenoxy) is 2. The number of para-hydroxylation sites is 3. The molecule has 4 rings (SSSR count). The Morgan fingerprint density at radius 1 is 0.793 bits per heavy atom. The van der Waals surface area contributed by atoms with Crippen LogP contribution < -0.4 is 9.47 Å². The van der Waals surface area contributed by atoms with Crippen LogP contribution in [-0.2, 0) is 13.2 Å². The zero-order chi connectivity index (χ0) is 20.2. The molecule has 0 radical (unpaired) electrons. The number of fused-ring (bicyclic) bond motifs is 1. The summed E-state index contributed by atoms with van der Waals surface area (Å²) in [6.45, 7) is 7.90. The Balaban J connectivity index is 1.53. The van der Waals surface area contributed by atoms with Crippen LogP contribution >= 0.6 is 0 Å². The minimum Gasteiger partial charge on any atom is -0.491 e. The van der Waals surface area contributed by atoms with E-state index in [0.717, 1.165) is 39.5 Å². The Bertz CT molecular complexity index is 1130. The van der Waals surface area contributed by atoms with Gasteiger partial charge in [-0.25, -0.2) is 4.98 Å². The largest absolute Gasteiger partial charge is 0.491 e. The molecule has 148 valence electrons. The minimum atomic E-state index is 0.420. The molecule has 4 nitrogen and oxygen atoms in total. The van der Waals surface area contributed by atoms with Gasteiger partial charge in [-0.3, -0.25) is 0 Å². The summed E-state index contributed by atoms with van der Waals surface area (Å²) in [4.78, 5) is 4.80. The van der Waals surface area contributed by atoms with Crippen molar-refractivity contribution in [1.29, 1.82) is 0 Å². The zero-order valence-electron chi connectivity index (χ0n) is 17.2. The van der Waals surface area contributed by atoms with Gasteiger partial charge in [-0.1, -0.05) is 42.5 Å². The molecule has 0 atom stereocenters. The van der Waals surface area contributed by atoms with Gasteiger partial charge < -0.3 is 14.0 Å². The second-order valence-corrected chi connectivity index (χ2v) is 7.34. The number of benzene rings is 3. The Kier molecular flexibility index (Phi) is 5.52. The predicted molar refractivity (Wildman–Crippen MR) is 117 cm³/mol. The Morgan fingerprint density at radius 3 is 2.41 bits per heavy atom. The standard InChI is InChI=1S/C25H26N2O2/c1-18-12-13-20(3)24(16-18)28-15-14-27-22-10-6-5-9-21(22)26-25(27)17-29-23-11-7-4-8-19(23)2/h4-13,16H,14-15,17H2,1-3H3. The fourth-order valence-corrected chi connectivity index (χ4v) is 3.46. The smallest absolute Gasteiger partial charge is 0.148 e. The van der Waals surface area contributed by atoms with Crippen LogP contribution in [0.1, 0.15) is 22.5 Å². The molecule has 0 aliphatic rings. The van der Waals surface area contributed by atoms with Gasteiger partial charge in [0.1, 0.15) is 30.5 Å². The van der Waals surface area contributed by atoms with Crippen molar-refractivity contribution >= 4 is 11.0 Å². The van der Waals surface area contributed by atoms with Crippen molar-refractivity contribution in [2.24, 2.45) is 0 Å². The lowest BCUT2D eigenvalue weighted by Gasteiger charge is -2.14. The lowest BCUT2D eigenvalue weighted by molar-refractivity contribution is 0.270. The molecule has 4 aromatic rings. The van der Waals surface area contributed by atoms with Crippen LogP contribution in [0.4, 0.5) is 0 Å². The molecule has 0 saturated heterocycles. The molecule has 4 heteroatoms. The first-order chi connectivity index (χ1) is 14.1. The lowest BCUT2D eigenvalue weighted by atomic mass is 10.1. The molecule has 0 amide bonds. The van der Waals surface area contributed by atoms with E-state index in [1.165, 1.54) is 5.56 Å². The number of hydrogen-bond acceptors (Lipinski definition) is 3. The van der Waals surface area contributed by atoms with Crippen LogP contribution in [0.3, 0.4) is 0 Å². The minimum absolute atomic E-state index is 0.420. The molecule has 0 bridgehead atoms. The van der Waals surface area contributed by atoms with Gasteiger partial charge in [-0.05, 0) is 61.7 Å². The van der Waals surface area contributed by atoms with E-state index in [2.05, 4.69) is 55.7 Å². The van der Waals surface area contributed by atoms with Gasteiger partial charge in [0.25, 0.3) is 0 Å². The first-order valence-corrected chi connectivity index (χ1v) is 9.94. The van der Waals surface area contributed by atoms with E-state index in [-0.39, 0.29) is 0 Å². The number of rotatable bonds is 7. The summed E-state index contributed by atoms with van der Waals surface area (Å²) in [6.07, 6.45) is 0. The van der Waals surface area contributed by atoms with Crippen LogP contribution in [0.5, 0.6) is 11.5 Å². The number of imidazole rings is 1. The van der Waals surface area contributed by atoms with Crippen LogP contribution in [0.25, 0.3) is 11.0 Å². The molecule has 1 heterocycles. The summed E-state index contributed by atoms with van der Waals surface area (Å²) in [5, 5.41) is 0. The van der Waals surface area contributed by atoms with Crippen LogP contribution in [0.15, 0.2) is 66.7 Å². The topological polar surface area (TPSA) is 36.3 Å². The highest BCUT2D eigenvalue weighted by molar-refractivity contribution is 5.75. The van der Waals surface area contributed by atoms with Gasteiger partial charge in [-0.15, -0.1) is 0 Å². The quantitative estimate of drug-likeness (QED) is 0.414. The lowest BCUT2D eigenvalue weighted by Crippen LogP contribution is -2.13. The van der Waals surface area contributed by atoms with Gasteiger partial charge in [0.05, 0.1) is 17.6 Å². The first kappa shape index (κ1) is 19.1. The highest BCUT2D eigenvalue weighted by atomic mass is 16.5. The molecule has 29 heavy (non-hydrogen) atoms. The van der Waals surface area contributed by atoms with Crippen molar-refractivity contribution in [3.63, 3.8) is 0 Å². The van der Waals surface area contributed by atoms with Crippen molar-refractivity contribution in [2.75, 3.05) is 6.61 Å². The monoisotopic (exact) mass is 386 g/mol. The maximum Gasteiger partial charge on any atom is 0.148 e. The van der Waals surface area contributed by atoms with E-state index in [1.54, 1.807) is 0 Å². The number of nitrogens with zero attached hydrogens (tertiary/aromatic N) is 2. The molecule has 0 fully saturated rings. The molecular weight excluding hydrogens is 360 g/mol. The van der Waals surface area contributed by atoms with Crippen LogP contribution in [-0.4, -0.2) is 16.2 Å². The summed E-state index contributed by atoms with van der Waals surface area (Å²) >= 11 is 0. The van der Waals surface area contributed by atoms with Gasteiger partial charge >= 0.3 is 0 Å². The zero-order valence-corrected chi connectivity index (χ0v) is 17.2. The normalized spacial score (nSPS) is 11.0. The summed E-state index contributed by atoms with van der Waals surface area (Å²) in [5.41, 5.74) is 5.54. The first-order valence-electron chi connectivity index (χ1n) is 9.94. The summed E-state index contributed by atoms with van der Waals surface area (Å²) in [5.74, 6) is 2.73. The van der Waals surface area contributed by atoms with Crippen molar-refractivity contribution in [1.82, 2.24) is 9.55 Å². The third-order valence-corrected chi connectivity index (χ3v) is 5.10. The molecule has 0 saturated carbocycles. The van der Waals surface area contributed by atoms with Crippen molar-refractivity contribution in [2.45, 2.75) is 33.9 Å². The third-order valence-electron chi connectivity index (χ3n) is 5.10. The fraction of sp³-hybridized carbons (Fsp3) is 0.240. The molecule has 0 aliphatic carbocycles. The SMILES string of the molecule is Cc1ccc(C)c(OCCn2c(COc3ccccc3C)nc3ccccc32)c1. The van der Waals surface area contributed by atoms with E-state index in [9.17, 15) is 0 Å². The summed E-state index contributed by atoms with van der Waals surface area (Å²) in [7, 11) is 0. The van der Waals surface area contributed by atoms with E-state index in [0.29, 0.717) is 19.8 Å². The van der Waals surface area contributed by atoms with E-state index in [1.807, 2.05) is 36.4 Å². The van der Waals surface area contributed by atoms with Crippen LogP contribution in [0, 0.1) is 20.8 Å². The third kappa shape index (κ3) is 4.27. The highest BCUT2D eigenvalue weighted by Gasteiger charge is 2.12. The van der Waals surface area contributed by atoms with Crippen molar-refractivity contribution in [3.8, 4) is 11.5 Å². The highest BCUT2D eigenvalue weighted by Crippen LogP contribution is 2.22. The fourth-order valence-electron chi connectivity index (χ4n) is 3.46. The Labute approximate surface area is 171 Å². The Hall–Kier alpha value is -3.27. The maximum absolute atomic E-state index is 6.09. The molecule has 0 spiro atoms. The molecule has 1 aromatic heterocycles. The Morgan fingerprint density at radius 2 is 1.55 bits per heavy atom. The molecule has 0 unspecified atom stereocenters. The van der Waals surface area contributed by atoms with E-state index in [4.69, 9.17) is 14.5 Å². The maximum atomic E-state index is 6.09. The second kappa shape index (κ2) is 8.39.